The summed E-state index contributed by atoms with van der Waals surface area (Å²) in [7, 11) is 0. The summed E-state index contributed by atoms with van der Waals surface area (Å²) in [5.74, 6) is -0.839. The van der Waals surface area contributed by atoms with Crippen LogP contribution < -0.4 is 5.32 Å². The number of benzene rings is 1. The molecule has 2 rings (SSSR count). The Labute approximate surface area is 137 Å². The van der Waals surface area contributed by atoms with Gasteiger partial charge in [-0.1, -0.05) is 25.1 Å². The Morgan fingerprint density at radius 1 is 1.29 bits per heavy atom. The van der Waals surface area contributed by atoms with E-state index in [0.29, 0.717) is 6.54 Å². The molecule has 1 aromatic carbocycles. The highest BCUT2D eigenvalue weighted by Gasteiger charge is 2.34. The minimum atomic E-state index is -4.43. The number of carbonyl (C=O) groups is 1. The van der Waals surface area contributed by atoms with Crippen molar-refractivity contribution in [3.8, 4) is 0 Å². The molecule has 1 heterocycles. The number of alkyl halides is 3. The molecule has 0 unspecified atom stereocenters. The van der Waals surface area contributed by atoms with Gasteiger partial charge >= 0.3 is 6.18 Å². The number of carbonyl (C=O) groups excluding carboxylic acids is 1. The molecule has 1 aromatic heterocycles. The van der Waals surface area contributed by atoms with E-state index in [4.69, 9.17) is 0 Å². The van der Waals surface area contributed by atoms with Gasteiger partial charge in [0.2, 0.25) is 5.91 Å². The van der Waals surface area contributed by atoms with Crippen molar-refractivity contribution in [3.05, 3.63) is 48.0 Å². The van der Waals surface area contributed by atoms with Crippen molar-refractivity contribution < 1.29 is 18.0 Å². The standard InChI is InChI=1S/C16H19F3N4O/c1-11(13-5-3-4-6-14(13)16(17,18)19)7-15(24)22-12(2)8-23-10-20-9-21-23/h3-6,9-12H,7-8H2,1-2H3,(H,22,24)/t11-,12-/m1/s1. The fraction of sp³-hybridized carbons (Fsp3) is 0.438. The number of nitrogens with zero attached hydrogens (tertiary/aromatic N) is 3. The highest BCUT2D eigenvalue weighted by Crippen LogP contribution is 2.35. The zero-order valence-electron chi connectivity index (χ0n) is 13.4. The van der Waals surface area contributed by atoms with Crippen LogP contribution in [0.2, 0.25) is 0 Å². The van der Waals surface area contributed by atoms with Gasteiger partial charge in [-0.05, 0) is 24.5 Å². The molecule has 1 N–H and O–H groups in total. The molecular weight excluding hydrogens is 321 g/mol. The normalized spacial score (nSPS) is 14.2. The van der Waals surface area contributed by atoms with Crippen molar-refractivity contribution in [1.29, 1.82) is 0 Å². The molecule has 1 amide bonds. The molecule has 0 spiro atoms. The van der Waals surface area contributed by atoms with Crippen LogP contribution in [0.5, 0.6) is 0 Å². The summed E-state index contributed by atoms with van der Waals surface area (Å²) in [4.78, 5) is 15.9. The van der Waals surface area contributed by atoms with Crippen molar-refractivity contribution in [2.75, 3.05) is 0 Å². The first-order chi connectivity index (χ1) is 11.3. The first kappa shape index (κ1) is 18.0. The topological polar surface area (TPSA) is 59.8 Å². The summed E-state index contributed by atoms with van der Waals surface area (Å²) < 4.78 is 40.7. The molecule has 0 saturated carbocycles. The predicted molar refractivity (Wildman–Crippen MR) is 82.1 cm³/mol. The van der Waals surface area contributed by atoms with E-state index in [2.05, 4.69) is 15.4 Å². The smallest absolute Gasteiger partial charge is 0.352 e. The van der Waals surface area contributed by atoms with Gasteiger partial charge in [0.1, 0.15) is 12.7 Å². The second-order valence-corrected chi connectivity index (χ2v) is 5.78. The number of amides is 1. The van der Waals surface area contributed by atoms with Crippen LogP contribution in [0.3, 0.4) is 0 Å². The number of hydrogen-bond acceptors (Lipinski definition) is 3. The minimum absolute atomic E-state index is 0.0191. The predicted octanol–water partition coefficient (Wildman–Crippen LogP) is 3.00. The number of halogens is 3. The van der Waals surface area contributed by atoms with Crippen molar-refractivity contribution >= 4 is 5.91 Å². The minimum Gasteiger partial charge on any atom is -0.352 e. The maximum Gasteiger partial charge on any atom is 0.416 e. The molecule has 8 heteroatoms. The number of aromatic nitrogens is 3. The van der Waals surface area contributed by atoms with Crippen LogP contribution in [0.25, 0.3) is 0 Å². The van der Waals surface area contributed by atoms with Crippen LogP contribution in [0, 0.1) is 0 Å². The van der Waals surface area contributed by atoms with Crippen molar-refractivity contribution in [2.45, 2.75) is 44.9 Å². The molecule has 130 valence electrons. The van der Waals surface area contributed by atoms with E-state index < -0.39 is 17.7 Å². The van der Waals surface area contributed by atoms with E-state index in [1.54, 1.807) is 24.6 Å². The van der Waals surface area contributed by atoms with Crippen LogP contribution in [-0.4, -0.2) is 26.7 Å². The average molecular weight is 340 g/mol. The fourth-order valence-electron chi connectivity index (χ4n) is 2.56. The molecule has 5 nitrogen and oxygen atoms in total. The maximum absolute atomic E-state index is 13.1. The van der Waals surface area contributed by atoms with Crippen LogP contribution in [0.15, 0.2) is 36.9 Å². The highest BCUT2D eigenvalue weighted by molar-refractivity contribution is 5.77. The average Bonchev–Trinajstić information content (AvgIpc) is 2.98. The van der Waals surface area contributed by atoms with E-state index in [-0.39, 0.29) is 23.9 Å². The lowest BCUT2D eigenvalue weighted by Gasteiger charge is -2.19. The number of nitrogens with one attached hydrogen (secondary N) is 1. The van der Waals surface area contributed by atoms with Gasteiger partial charge in [-0.25, -0.2) is 4.98 Å². The lowest BCUT2D eigenvalue weighted by Crippen LogP contribution is -2.36. The van der Waals surface area contributed by atoms with Gasteiger partial charge in [-0.3, -0.25) is 9.48 Å². The van der Waals surface area contributed by atoms with Crippen LogP contribution >= 0.6 is 0 Å². The number of hydrogen-bond donors (Lipinski definition) is 1. The second-order valence-electron chi connectivity index (χ2n) is 5.78. The third-order valence-electron chi connectivity index (χ3n) is 3.62. The maximum atomic E-state index is 13.1. The molecule has 2 aromatic rings. The molecule has 0 fully saturated rings. The van der Waals surface area contributed by atoms with Crippen LogP contribution in [0.1, 0.15) is 37.3 Å². The van der Waals surface area contributed by atoms with E-state index in [1.165, 1.54) is 24.8 Å². The summed E-state index contributed by atoms with van der Waals surface area (Å²) >= 11 is 0. The van der Waals surface area contributed by atoms with Crippen LogP contribution in [0.4, 0.5) is 13.2 Å². The Kier molecular flexibility index (Phi) is 5.58. The zero-order valence-corrected chi connectivity index (χ0v) is 13.4. The summed E-state index contributed by atoms with van der Waals surface area (Å²) in [6, 6.07) is 5.15. The van der Waals surface area contributed by atoms with E-state index in [0.717, 1.165) is 6.07 Å². The zero-order chi connectivity index (χ0) is 17.7. The second kappa shape index (κ2) is 7.46. The third kappa shape index (κ3) is 4.81. The summed E-state index contributed by atoms with van der Waals surface area (Å²) in [6.45, 7) is 3.86. The van der Waals surface area contributed by atoms with Gasteiger partial charge in [0.05, 0.1) is 12.1 Å². The van der Waals surface area contributed by atoms with Gasteiger partial charge in [-0.2, -0.15) is 18.3 Å². The van der Waals surface area contributed by atoms with E-state index in [9.17, 15) is 18.0 Å². The summed E-state index contributed by atoms with van der Waals surface area (Å²) in [5.41, 5.74) is -0.565. The molecule has 0 aliphatic heterocycles. The first-order valence-corrected chi connectivity index (χ1v) is 7.55. The largest absolute Gasteiger partial charge is 0.416 e. The molecule has 24 heavy (non-hydrogen) atoms. The first-order valence-electron chi connectivity index (χ1n) is 7.55. The highest BCUT2D eigenvalue weighted by atomic mass is 19.4. The lowest BCUT2D eigenvalue weighted by molar-refractivity contribution is -0.138. The Bertz CT molecular complexity index is 670. The van der Waals surface area contributed by atoms with Gasteiger partial charge in [-0.15, -0.1) is 0 Å². The SMILES string of the molecule is C[C@H](Cn1cncn1)NC(=O)C[C@@H](C)c1ccccc1C(F)(F)F. The van der Waals surface area contributed by atoms with Crippen molar-refractivity contribution in [2.24, 2.45) is 0 Å². The lowest BCUT2D eigenvalue weighted by atomic mass is 9.92. The molecular formula is C16H19F3N4O. The molecule has 0 aliphatic carbocycles. The third-order valence-corrected chi connectivity index (χ3v) is 3.62. The Hall–Kier alpha value is -2.38. The monoisotopic (exact) mass is 340 g/mol. The van der Waals surface area contributed by atoms with Gasteiger partial charge in [0, 0.05) is 12.5 Å². The molecule has 0 bridgehead atoms. The van der Waals surface area contributed by atoms with Crippen molar-refractivity contribution in [1.82, 2.24) is 20.1 Å². The van der Waals surface area contributed by atoms with Crippen molar-refractivity contribution in [3.63, 3.8) is 0 Å². The van der Waals surface area contributed by atoms with Gasteiger partial charge in [0.25, 0.3) is 0 Å². The van der Waals surface area contributed by atoms with Crippen LogP contribution in [-0.2, 0) is 17.5 Å². The molecule has 0 radical (unpaired) electrons. The van der Waals surface area contributed by atoms with E-state index >= 15 is 0 Å². The Morgan fingerprint density at radius 2 is 2.00 bits per heavy atom. The van der Waals surface area contributed by atoms with E-state index in [1.807, 2.05) is 0 Å². The Balaban J connectivity index is 1.97. The summed E-state index contributed by atoms with van der Waals surface area (Å²) in [5, 5.41) is 6.71. The fourth-order valence-corrected chi connectivity index (χ4v) is 2.56. The summed E-state index contributed by atoms with van der Waals surface area (Å²) in [6.07, 6.45) is -1.52. The Morgan fingerprint density at radius 3 is 2.62 bits per heavy atom. The molecule has 0 saturated heterocycles. The van der Waals surface area contributed by atoms with Gasteiger partial charge in [0.15, 0.2) is 0 Å². The molecule has 0 aliphatic rings. The molecule has 2 atom stereocenters. The number of rotatable bonds is 6. The van der Waals surface area contributed by atoms with Gasteiger partial charge < -0.3 is 5.32 Å². The quantitative estimate of drug-likeness (QED) is 0.879.